The Balaban J connectivity index is 1.70. The van der Waals surface area contributed by atoms with Crippen molar-refractivity contribution in [3.8, 4) is 12.1 Å². The van der Waals surface area contributed by atoms with E-state index >= 15 is 0 Å². The Labute approximate surface area is 179 Å². The summed E-state index contributed by atoms with van der Waals surface area (Å²) in [6.07, 6.45) is 2.16. The molecule has 10 heteroatoms. The highest BCUT2D eigenvalue weighted by Gasteiger charge is 2.07. The van der Waals surface area contributed by atoms with E-state index in [0.29, 0.717) is 22.1 Å². The molecule has 0 unspecified atom stereocenters. The number of benzene rings is 2. The first-order valence-electron chi connectivity index (χ1n) is 9.20. The number of aromatic amines is 2. The summed E-state index contributed by atoms with van der Waals surface area (Å²) in [5.41, 5.74) is 0.410. The van der Waals surface area contributed by atoms with Crippen LogP contribution in [0.1, 0.15) is 11.4 Å². The summed E-state index contributed by atoms with van der Waals surface area (Å²) in [6.45, 7) is 0. The van der Waals surface area contributed by atoms with Gasteiger partial charge in [0.15, 0.2) is 11.4 Å². The second-order valence-electron chi connectivity index (χ2n) is 6.37. The second-order valence-corrected chi connectivity index (χ2v) is 6.37. The normalized spacial score (nSPS) is 12.2. The van der Waals surface area contributed by atoms with Crippen molar-refractivity contribution in [1.29, 1.82) is 10.5 Å². The number of nitrogens with zero attached hydrogens (tertiary/aromatic N) is 6. The molecular formula is C22H12N8O2. The van der Waals surface area contributed by atoms with Gasteiger partial charge in [0.2, 0.25) is 0 Å². The molecule has 0 fully saturated rings. The summed E-state index contributed by atoms with van der Waals surface area (Å²) in [5, 5.41) is 18.8. The number of hydrogen-bond donors (Lipinski definition) is 2. The van der Waals surface area contributed by atoms with Crippen LogP contribution in [0.5, 0.6) is 0 Å². The lowest BCUT2D eigenvalue weighted by molar-refractivity contribution is 1.18. The Kier molecular flexibility index (Phi) is 5.42. The number of nitrogens with one attached hydrogen (secondary N) is 2. The van der Waals surface area contributed by atoms with Crippen molar-refractivity contribution in [3.05, 3.63) is 92.0 Å². The van der Waals surface area contributed by atoms with Gasteiger partial charge >= 0.3 is 0 Å². The molecule has 0 spiro atoms. The fourth-order valence-corrected chi connectivity index (χ4v) is 2.80. The first kappa shape index (κ1) is 20.1. The molecule has 0 radical (unpaired) electrons. The van der Waals surface area contributed by atoms with Crippen LogP contribution in [-0.2, 0) is 0 Å². The topological polar surface area (TPSA) is 164 Å². The molecule has 2 aromatic heterocycles. The van der Waals surface area contributed by atoms with Gasteiger partial charge in [-0.25, -0.2) is 20.0 Å². The Hall–Kier alpha value is -5.22. The molecular weight excluding hydrogens is 408 g/mol. The summed E-state index contributed by atoms with van der Waals surface area (Å²) < 4.78 is 0. The Morgan fingerprint density at radius 1 is 0.750 bits per heavy atom. The standard InChI is InChI=1S/C22H12N8O2/c23-9-17(25-11-19-21(31)29-15-7-3-1-5-13(15)27-19)18(10-24)26-12-20-22(32)30-16-8-4-2-6-14(16)28-20/h1-8,11-12H,(H,29,31)(H,30,32)/b18-17-,25-11?,26-12?. The number of nitriles is 2. The maximum absolute atomic E-state index is 12.2. The molecule has 4 rings (SSSR count). The molecule has 0 aliphatic rings. The number of para-hydroxylation sites is 4. The van der Waals surface area contributed by atoms with Crippen LogP contribution in [0.25, 0.3) is 22.1 Å². The quantitative estimate of drug-likeness (QED) is 0.378. The fraction of sp³-hybridized carbons (Fsp3) is 0. The predicted molar refractivity (Wildman–Crippen MR) is 118 cm³/mol. The van der Waals surface area contributed by atoms with Crippen molar-refractivity contribution in [2.24, 2.45) is 9.98 Å². The maximum Gasteiger partial charge on any atom is 0.275 e. The highest BCUT2D eigenvalue weighted by molar-refractivity contribution is 5.84. The van der Waals surface area contributed by atoms with Crippen LogP contribution in [-0.4, -0.2) is 32.4 Å². The Morgan fingerprint density at radius 3 is 1.56 bits per heavy atom. The Morgan fingerprint density at radius 2 is 1.16 bits per heavy atom. The number of H-pyrrole nitrogens is 2. The minimum absolute atomic E-state index is 0.0367. The third kappa shape index (κ3) is 4.06. The molecule has 0 aliphatic heterocycles. The van der Waals surface area contributed by atoms with Gasteiger partial charge in [0.1, 0.15) is 23.5 Å². The van der Waals surface area contributed by atoms with E-state index in [0.717, 1.165) is 12.4 Å². The van der Waals surface area contributed by atoms with Gasteiger partial charge in [-0.1, -0.05) is 24.3 Å². The summed E-state index contributed by atoms with van der Waals surface area (Å²) in [6, 6.07) is 17.4. The minimum atomic E-state index is -0.501. The van der Waals surface area contributed by atoms with Gasteiger partial charge in [-0.15, -0.1) is 0 Å². The van der Waals surface area contributed by atoms with Gasteiger partial charge in [-0.2, -0.15) is 10.5 Å². The summed E-state index contributed by atoms with van der Waals surface area (Å²) in [5.74, 6) is 0. The molecule has 32 heavy (non-hydrogen) atoms. The van der Waals surface area contributed by atoms with E-state index < -0.39 is 11.1 Å². The van der Waals surface area contributed by atoms with Gasteiger partial charge < -0.3 is 9.97 Å². The zero-order chi connectivity index (χ0) is 22.5. The van der Waals surface area contributed by atoms with Crippen molar-refractivity contribution in [2.75, 3.05) is 0 Å². The lowest BCUT2D eigenvalue weighted by atomic mass is 10.3. The molecule has 0 aliphatic carbocycles. The first-order valence-corrected chi connectivity index (χ1v) is 9.20. The van der Waals surface area contributed by atoms with Gasteiger partial charge in [0.25, 0.3) is 11.1 Å². The first-order chi connectivity index (χ1) is 15.6. The molecule has 2 N–H and O–H groups in total. The van der Waals surface area contributed by atoms with Crippen LogP contribution in [0.2, 0.25) is 0 Å². The molecule has 0 bridgehead atoms. The third-order valence-electron chi connectivity index (χ3n) is 4.32. The smallest absolute Gasteiger partial charge is 0.275 e. The van der Waals surface area contributed by atoms with Crippen LogP contribution in [0.4, 0.5) is 0 Å². The monoisotopic (exact) mass is 420 g/mol. The van der Waals surface area contributed by atoms with Crippen molar-refractivity contribution in [3.63, 3.8) is 0 Å². The number of aromatic nitrogens is 4. The summed E-state index contributed by atoms with van der Waals surface area (Å²) in [7, 11) is 0. The van der Waals surface area contributed by atoms with E-state index in [9.17, 15) is 20.1 Å². The zero-order valence-corrected chi connectivity index (χ0v) is 16.3. The molecule has 152 valence electrons. The van der Waals surface area contributed by atoms with Gasteiger partial charge in [-0.05, 0) is 24.3 Å². The molecule has 0 saturated carbocycles. The van der Waals surface area contributed by atoms with Crippen LogP contribution >= 0.6 is 0 Å². The number of hydrogen-bond acceptors (Lipinski definition) is 8. The average Bonchev–Trinajstić information content (AvgIpc) is 2.81. The van der Waals surface area contributed by atoms with Gasteiger partial charge in [0, 0.05) is 0 Å². The summed E-state index contributed by atoms with van der Waals surface area (Å²) >= 11 is 0. The average molecular weight is 420 g/mol. The summed E-state index contributed by atoms with van der Waals surface area (Å²) in [4.78, 5) is 45.9. The van der Waals surface area contributed by atoms with E-state index in [-0.39, 0.29) is 22.8 Å². The van der Waals surface area contributed by atoms with E-state index in [1.165, 1.54) is 0 Å². The molecule has 0 saturated heterocycles. The van der Waals surface area contributed by atoms with Crippen molar-refractivity contribution in [2.45, 2.75) is 0 Å². The lowest BCUT2D eigenvalue weighted by Crippen LogP contribution is -2.15. The van der Waals surface area contributed by atoms with Crippen LogP contribution < -0.4 is 11.1 Å². The highest BCUT2D eigenvalue weighted by atomic mass is 16.1. The van der Waals surface area contributed by atoms with Crippen molar-refractivity contribution >= 4 is 34.5 Å². The third-order valence-corrected chi connectivity index (χ3v) is 4.32. The molecule has 2 heterocycles. The lowest BCUT2D eigenvalue weighted by Gasteiger charge is -1.98. The molecule has 4 aromatic rings. The number of allylic oxidation sites excluding steroid dienone is 2. The molecule has 0 amide bonds. The molecule has 10 nitrogen and oxygen atoms in total. The fourth-order valence-electron chi connectivity index (χ4n) is 2.80. The van der Waals surface area contributed by atoms with Gasteiger partial charge in [-0.3, -0.25) is 9.59 Å². The highest BCUT2D eigenvalue weighted by Crippen LogP contribution is 2.09. The van der Waals surface area contributed by atoms with Crippen molar-refractivity contribution in [1.82, 2.24) is 19.9 Å². The van der Waals surface area contributed by atoms with E-state index in [4.69, 9.17) is 0 Å². The van der Waals surface area contributed by atoms with Crippen LogP contribution in [0.15, 0.2) is 79.5 Å². The van der Waals surface area contributed by atoms with E-state index in [1.54, 1.807) is 60.7 Å². The minimum Gasteiger partial charge on any atom is -0.319 e. The van der Waals surface area contributed by atoms with Crippen LogP contribution in [0, 0.1) is 22.7 Å². The second kappa shape index (κ2) is 8.65. The van der Waals surface area contributed by atoms with Crippen molar-refractivity contribution < 1.29 is 0 Å². The number of rotatable bonds is 4. The van der Waals surface area contributed by atoms with E-state index in [1.807, 2.05) is 0 Å². The number of fused-ring (bicyclic) bond motifs is 2. The van der Waals surface area contributed by atoms with Gasteiger partial charge in [0.05, 0.1) is 34.5 Å². The molecule has 2 aromatic carbocycles. The molecule has 0 atom stereocenters. The zero-order valence-electron chi connectivity index (χ0n) is 16.3. The Bertz CT molecular complexity index is 1520. The predicted octanol–water partition coefficient (Wildman–Crippen LogP) is 1.96. The largest absolute Gasteiger partial charge is 0.319 e. The van der Waals surface area contributed by atoms with Crippen LogP contribution in [0.3, 0.4) is 0 Å². The number of aliphatic imine (C=N–C) groups is 2. The maximum atomic E-state index is 12.2. The van der Waals surface area contributed by atoms with E-state index in [2.05, 4.69) is 29.9 Å². The SMILES string of the molecule is N#C/C(N=Cc1nc2ccccc2[nH]c1=O)=C(\C#N)N=Cc1nc2ccccc2[nH]c1=O.